The van der Waals surface area contributed by atoms with Crippen molar-refractivity contribution >= 4 is 86.3 Å². The van der Waals surface area contributed by atoms with E-state index in [2.05, 4.69) is 81.3 Å². The zero-order valence-electron chi connectivity index (χ0n) is 17.7. The monoisotopic (exact) mass is 694 g/mol. The van der Waals surface area contributed by atoms with Crippen LogP contribution in [0.25, 0.3) is 0 Å². The molecule has 0 saturated heterocycles. The van der Waals surface area contributed by atoms with E-state index in [1.807, 2.05) is 36.4 Å². The smallest absolute Gasteiger partial charge is 0.269 e. The van der Waals surface area contributed by atoms with Crippen molar-refractivity contribution in [3.05, 3.63) is 89.5 Å². The Bertz CT molecular complexity index is 1390. The molecule has 4 rings (SSSR count). The Hall–Kier alpha value is -3.60. The van der Waals surface area contributed by atoms with Crippen molar-refractivity contribution < 1.29 is 10.0 Å². The first-order valence-corrected chi connectivity index (χ1v) is 12.1. The summed E-state index contributed by atoms with van der Waals surface area (Å²) in [7, 11) is 0. The fourth-order valence-electron chi connectivity index (χ4n) is 2.83. The number of hydrazone groups is 1. The maximum atomic E-state index is 10.9. The molecular weight excluding hydrogens is 678 g/mol. The summed E-state index contributed by atoms with van der Waals surface area (Å²) in [5.74, 6) is 0.703. The normalized spacial score (nSPS) is 10.8. The number of phenols is 1. The second kappa shape index (κ2) is 11.2. The lowest BCUT2D eigenvalue weighted by Crippen LogP contribution is -2.07. The minimum atomic E-state index is -0.471. The van der Waals surface area contributed by atoms with Crippen molar-refractivity contribution in [1.29, 1.82) is 0 Å². The van der Waals surface area contributed by atoms with E-state index in [4.69, 9.17) is 0 Å². The molecule has 13 heteroatoms. The molecule has 0 radical (unpaired) electrons. The molecule has 3 aromatic carbocycles. The summed E-state index contributed by atoms with van der Waals surface area (Å²) >= 11 is 4.21. The molecule has 35 heavy (non-hydrogen) atoms. The summed E-state index contributed by atoms with van der Waals surface area (Å²) in [5, 5.41) is 31.4. The Balaban J connectivity index is 1.60. The molecule has 0 fully saturated rings. The number of nitro groups is 1. The van der Waals surface area contributed by atoms with E-state index in [1.54, 1.807) is 18.2 Å². The van der Waals surface area contributed by atoms with Crippen LogP contribution in [-0.2, 0) is 0 Å². The highest BCUT2D eigenvalue weighted by Crippen LogP contribution is 2.26. The first-order chi connectivity index (χ1) is 16.9. The summed E-state index contributed by atoms with van der Waals surface area (Å²) in [6.45, 7) is 0. The van der Waals surface area contributed by atoms with Crippen LogP contribution in [0, 0.1) is 17.3 Å². The van der Waals surface area contributed by atoms with Crippen LogP contribution >= 0.6 is 45.2 Å². The van der Waals surface area contributed by atoms with Gasteiger partial charge in [-0.05, 0) is 81.6 Å². The summed E-state index contributed by atoms with van der Waals surface area (Å²) < 4.78 is 1.66. The lowest BCUT2D eigenvalue weighted by Gasteiger charge is -2.10. The van der Waals surface area contributed by atoms with Gasteiger partial charge in [-0.2, -0.15) is 20.1 Å². The van der Waals surface area contributed by atoms with Gasteiger partial charge >= 0.3 is 0 Å². The zero-order chi connectivity index (χ0) is 24.8. The molecule has 4 aromatic rings. The second-order valence-electron chi connectivity index (χ2n) is 6.92. The van der Waals surface area contributed by atoms with Gasteiger partial charge in [-0.3, -0.25) is 10.1 Å². The molecule has 4 N–H and O–H groups in total. The van der Waals surface area contributed by atoms with Crippen molar-refractivity contribution in [2.24, 2.45) is 5.10 Å². The highest BCUT2D eigenvalue weighted by molar-refractivity contribution is 14.1. The second-order valence-corrected chi connectivity index (χ2v) is 9.33. The first-order valence-electron chi connectivity index (χ1n) is 9.94. The zero-order valence-corrected chi connectivity index (χ0v) is 22.0. The molecule has 0 atom stereocenters. The van der Waals surface area contributed by atoms with E-state index < -0.39 is 4.92 Å². The Kier molecular flexibility index (Phi) is 7.86. The van der Waals surface area contributed by atoms with Gasteiger partial charge in [0.25, 0.3) is 5.69 Å². The third kappa shape index (κ3) is 6.72. The Labute approximate surface area is 226 Å². The lowest BCUT2D eigenvalue weighted by molar-refractivity contribution is -0.384. The number of halogens is 2. The number of para-hydroxylation sites is 1. The lowest BCUT2D eigenvalue weighted by atomic mass is 10.2. The van der Waals surface area contributed by atoms with Crippen LogP contribution < -0.4 is 16.1 Å². The van der Waals surface area contributed by atoms with E-state index in [0.717, 1.165) is 9.26 Å². The minimum absolute atomic E-state index is 0.0252. The van der Waals surface area contributed by atoms with Gasteiger partial charge in [0.05, 0.1) is 14.7 Å². The summed E-state index contributed by atoms with van der Waals surface area (Å²) in [5.41, 5.74) is 4.60. The maximum Gasteiger partial charge on any atom is 0.269 e. The Morgan fingerprint density at radius 3 is 2.11 bits per heavy atom. The van der Waals surface area contributed by atoms with Crippen LogP contribution in [0.5, 0.6) is 5.75 Å². The number of non-ortho nitro benzene ring substituents is 1. The molecule has 1 aromatic heterocycles. The van der Waals surface area contributed by atoms with E-state index in [1.165, 1.54) is 18.3 Å². The molecule has 0 unspecified atom stereocenters. The number of benzene rings is 3. The van der Waals surface area contributed by atoms with Gasteiger partial charge in [0.15, 0.2) is 0 Å². The molecule has 0 saturated carbocycles. The summed E-state index contributed by atoms with van der Waals surface area (Å²) in [6.07, 6.45) is 1.47. The van der Waals surface area contributed by atoms with Gasteiger partial charge in [-0.15, -0.1) is 0 Å². The molecule has 11 nitrogen and oxygen atoms in total. The van der Waals surface area contributed by atoms with Crippen molar-refractivity contribution in [2.45, 2.75) is 0 Å². The number of aromatic nitrogens is 3. The largest absolute Gasteiger partial charge is 0.506 e. The fourth-order valence-corrected chi connectivity index (χ4v) is 4.72. The van der Waals surface area contributed by atoms with Gasteiger partial charge in [0.1, 0.15) is 5.75 Å². The van der Waals surface area contributed by atoms with Crippen molar-refractivity contribution in [1.82, 2.24) is 15.0 Å². The van der Waals surface area contributed by atoms with E-state index in [9.17, 15) is 15.2 Å². The number of rotatable bonds is 8. The number of hydrogen-bond acceptors (Lipinski definition) is 10. The molecule has 0 aliphatic carbocycles. The van der Waals surface area contributed by atoms with Crippen LogP contribution in [0.2, 0.25) is 0 Å². The predicted molar refractivity (Wildman–Crippen MR) is 151 cm³/mol. The topological polar surface area (TPSA) is 150 Å². The summed E-state index contributed by atoms with van der Waals surface area (Å²) in [6, 6.07) is 18.9. The van der Waals surface area contributed by atoms with Crippen LogP contribution in [0.15, 0.2) is 71.8 Å². The van der Waals surface area contributed by atoms with Gasteiger partial charge in [0, 0.05) is 32.6 Å². The molecular formula is C22H16I2N8O3. The molecule has 176 valence electrons. The molecule has 1 heterocycles. The predicted octanol–water partition coefficient (Wildman–Crippen LogP) is 5.63. The number of nitro benzene ring substituents is 1. The maximum absolute atomic E-state index is 10.9. The average molecular weight is 694 g/mol. The number of nitrogens with zero attached hydrogens (tertiary/aromatic N) is 5. The number of phenolic OH excluding ortho intramolecular Hbond substituents is 1. The Morgan fingerprint density at radius 2 is 1.49 bits per heavy atom. The third-order valence-corrected chi connectivity index (χ3v) is 5.87. The van der Waals surface area contributed by atoms with Crippen LogP contribution in [0.3, 0.4) is 0 Å². The van der Waals surface area contributed by atoms with Gasteiger partial charge in [0.2, 0.25) is 17.8 Å². The highest BCUT2D eigenvalue weighted by Gasteiger charge is 2.10. The standard InChI is InChI=1S/C22H16I2N8O3/c23-14-10-13(19(33)18(24)11-14)12-25-31-22-29-20(26-15-4-2-1-3-5-15)28-21(30-22)27-16-6-8-17(9-7-16)32(34)35/h1-12,33H,(H3,26,27,28,29,30,31)/b25-12+. The number of anilines is 5. The molecule has 0 aliphatic rings. The van der Waals surface area contributed by atoms with E-state index in [0.29, 0.717) is 14.8 Å². The SMILES string of the molecule is O=[N+]([O-])c1ccc(Nc2nc(N/N=C/c3cc(I)cc(I)c3O)nc(Nc3ccccc3)n2)cc1. The van der Waals surface area contributed by atoms with Gasteiger partial charge in [-0.25, -0.2) is 5.43 Å². The minimum Gasteiger partial charge on any atom is -0.506 e. The molecule has 0 amide bonds. The fraction of sp³-hybridized carbons (Fsp3) is 0. The number of nitrogens with one attached hydrogen (secondary N) is 3. The van der Waals surface area contributed by atoms with E-state index >= 15 is 0 Å². The molecule has 0 bridgehead atoms. The van der Waals surface area contributed by atoms with Crippen molar-refractivity contribution in [3.63, 3.8) is 0 Å². The summed E-state index contributed by atoms with van der Waals surface area (Å²) in [4.78, 5) is 23.5. The number of aromatic hydroxyl groups is 1. The molecule has 0 aliphatic heterocycles. The quantitative estimate of drug-likeness (QED) is 0.0797. The first kappa shape index (κ1) is 24.5. The van der Waals surface area contributed by atoms with E-state index in [-0.39, 0.29) is 29.3 Å². The highest BCUT2D eigenvalue weighted by atomic mass is 127. The molecule has 0 spiro atoms. The van der Waals surface area contributed by atoms with Crippen LogP contribution in [0.4, 0.5) is 34.9 Å². The number of hydrogen-bond donors (Lipinski definition) is 4. The van der Waals surface area contributed by atoms with Crippen molar-refractivity contribution in [3.8, 4) is 5.75 Å². The van der Waals surface area contributed by atoms with Gasteiger partial charge < -0.3 is 15.7 Å². The van der Waals surface area contributed by atoms with Crippen LogP contribution in [-0.4, -0.2) is 31.2 Å². The van der Waals surface area contributed by atoms with Crippen molar-refractivity contribution in [2.75, 3.05) is 16.1 Å². The van der Waals surface area contributed by atoms with Crippen LogP contribution in [0.1, 0.15) is 5.56 Å². The third-order valence-electron chi connectivity index (χ3n) is 4.43. The average Bonchev–Trinajstić information content (AvgIpc) is 2.83. The Morgan fingerprint density at radius 1 is 0.886 bits per heavy atom. The van der Waals surface area contributed by atoms with Gasteiger partial charge in [-0.1, -0.05) is 18.2 Å².